The fourth-order valence-electron chi connectivity index (χ4n) is 4.57. The molecule has 0 aromatic rings. The highest BCUT2D eigenvalue weighted by atomic mass is 16.6. The zero-order valence-electron chi connectivity index (χ0n) is 18.9. The van der Waals surface area contributed by atoms with E-state index in [1.165, 1.54) is 0 Å². The number of nitrogens with one attached hydrogen (secondary N) is 2. The monoisotopic (exact) mass is 421 g/mol. The second kappa shape index (κ2) is 9.27. The SMILES string of the molecule is CC(C)(C)NC(=O)OC1CCCCCC=CC2CC2(C)NC(=O)C2CCCN2C1O. The van der Waals surface area contributed by atoms with Gasteiger partial charge in [-0.1, -0.05) is 18.6 Å². The molecule has 0 radical (unpaired) electrons. The van der Waals surface area contributed by atoms with E-state index in [9.17, 15) is 14.7 Å². The summed E-state index contributed by atoms with van der Waals surface area (Å²) >= 11 is 0. The minimum Gasteiger partial charge on any atom is -0.442 e. The van der Waals surface area contributed by atoms with Crippen LogP contribution in [0.1, 0.15) is 79.1 Å². The molecule has 3 N–H and O–H groups in total. The van der Waals surface area contributed by atoms with Crippen molar-refractivity contribution in [2.75, 3.05) is 6.54 Å². The first-order valence-electron chi connectivity index (χ1n) is 11.5. The maximum Gasteiger partial charge on any atom is 0.407 e. The molecule has 30 heavy (non-hydrogen) atoms. The van der Waals surface area contributed by atoms with Crippen molar-refractivity contribution in [3.05, 3.63) is 12.2 Å². The summed E-state index contributed by atoms with van der Waals surface area (Å²) in [5.41, 5.74) is -0.601. The number of nitrogens with zero attached hydrogens (tertiary/aromatic N) is 1. The highest BCUT2D eigenvalue weighted by molar-refractivity contribution is 5.83. The number of hydrogen-bond acceptors (Lipinski definition) is 5. The van der Waals surface area contributed by atoms with Crippen LogP contribution < -0.4 is 10.6 Å². The predicted octanol–water partition coefficient (Wildman–Crippen LogP) is 3.08. The minimum absolute atomic E-state index is 0.0299. The van der Waals surface area contributed by atoms with E-state index in [-0.39, 0.29) is 17.5 Å². The summed E-state index contributed by atoms with van der Waals surface area (Å²) in [5, 5.41) is 17.2. The Bertz CT molecular complexity index is 659. The van der Waals surface area contributed by atoms with Crippen LogP contribution in [0, 0.1) is 5.92 Å². The van der Waals surface area contributed by atoms with E-state index < -0.39 is 24.0 Å². The van der Waals surface area contributed by atoms with E-state index in [2.05, 4.69) is 29.7 Å². The number of aliphatic hydroxyl groups excluding tert-OH is 1. The van der Waals surface area contributed by atoms with Crippen LogP contribution in [0.25, 0.3) is 0 Å². The molecule has 2 heterocycles. The molecule has 2 amide bonds. The average Bonchev–Trinajstić information content (AvgIpc) is 3.04. The lowest BCUT2D eigenvalue weighted by molar-refractivity contribution is -0.136. The lowest BCUT2D eigenvalue weighted by Crippen LogP contribution is -2.55. The van der Waals surface area contributed by atoms with Crippen molar-refractivity contribution in [3.63, 3.8) is 0 Å². The number of carbonyl (C=O) groups is 2. The number of carbonyl (C=O) groups excluding carboxylic acids is 2. The van der Waals surface area contributed by atoms with Crippen LogP contribution in [0.2, 0.25) is 0 Å². The van der Waals surface area contributed by atoms with Crippen LogP contribution in [0.3, 0.4) is 0 Å². The van der Waals surface area contributed by atoms with E-state index in [0.29, 0.717) is 25.3 Å². The highest BCUT2D eigenvalue weighted by Crippen LogP contribution is 2.44. The van der Waals surface area contributed by atoms with Gasteiger partial charge in [0.25, 0.3) is 0 Å². The van der Waals surface area contributed by atoms with Gasteiger partial charge in [0, 0.05) is 23.5 Å². The summed E-state index contributed by atoms with van der Waals surface area (Å²) in [4.78, 5) is 27.2. The van der Waals surface area contributed by atoms with Crippen LogP contribution in [0.15, 0.2) is 12.2 Å². The molecule has 0 aromatic carbocycles. The Balaban J connectivity index is 1.74. The lowest BCUT2D eigenvalue weighted by atomic mass is 10.1. The van der Waals surface area contributed by atoms with Crippen LogP contribution in [-0.4, -0.2) is 58.0 Å². The van der Waals surface area contributed by atoms with Crippen molar-refractivity contribution in [1.82, 2.24) is 15.5 Å². The topological polar surface area (TPSA) is 90.9 Å². The third-order valence-corrected chi connectivity index (χ3v) is 6.44. The van der Waals surface area contributed by atoms with Gasteiger partial charge in [-0.3, -0.25) is 9.69 Å². The second-order valence-electron chi connectivity index (χ2n) is 10.4. The molecule has 3 aliphatic rings. The summed E-state index contributed by atoms with van der Waals surface area (Å²) in [7, 11) is 0. The Kier molecular flexibility index (Phi) is 7.13. The van der Waals surface area contributed by atoms with E-state index in [1.54, 1.807) is 0 Å². The van der Waals surface area contributed by atoms with Crippen molar-refractivity contribution in [1.29, 1.82) is 0 Å². The Morgan fingerprint density at radius 1 is 1.27 bits per heavy atom. The minimum atomic E-state index is -0.986. The standard InChI is InChI=1S/C23H39N3O4/c1-22(2,3)25-21(29)30-18-13-9-7-5-6-8-11-16-15-23(16,4)24-19(27)17-12-10-14-26(17)20(18)28/h8,11,16-18,20,28H,5-7,9-10,12-15H2,1-4H3,(H,24,27)(H,25,29). The molecule has 0 bridgehead atoms. The number of fused-ring (bicyclic) bond motifs is 2. The van der Waals surface area contributed by atoms with Gasteiger partial charge in [-0.25, -0.2) is 4.79 Å². The molecule has 3 rings (SSSR count). The van der Waals surface area contributed by atoms with Gasteiger partial charge >= 0.3 is 6.09 Å². The largest absolute Gasteiger partial charge is 0.442 e. The van der Waals surface area contributed by atoms with Crippen molar-refractivity contribution in [2.24, 2.45) is 5.92 Å². The third-order valence-electron chi connectivity index (χ3n) is 6.44. The van der Waals surface area contributed by atoms with Gasteiger partial charge in [0.1, 0.15) is 12.3 Å². The maximum atomic E-state index is 13.0. The Morgan fingerprint density at radius 2 is 2.03 bits per heavy atom. The fraction of sp³-hybridized carbons (Fsp3) is 0.826. The molecule has 170 valence electrons. The molecule has 5 unspecified atom stereocenters. The zero-order chi connectivity index (χ0) is 21.9. The van der Waals surface area contributed by atoms with Crippen LogP contribution >= 0.6 is 0 Å². The quantitative estimate of drug-likeness (QED) is 0.566. The van der Waals surface area contributed by atoms with Crippen LogP contribution in [-0.2, 0) is 9.53 Å². The van der Waals surface area contributed by atoms with Crippen molar-refractivity contribution < 1.29 is 19.4 Å². The molecule has 7 heteroatoms. The Morgan fingerprint density at radius 3 is 2.77 bits per heavy atom. The lowest BCUT2D eigenvalue weighted by Gasteiger charge is -2.34. The molecule has 7 nitrogen and oxygen atoms in total. The molecule has 1 aliphatic carbocycles. The second-order valence-corrected chi connectivity index (χ2v) is 10.4. The molecule has 2 aliphatic heterocycles. The third kappa shape index (κ3) is 5.97. The van der Waals surface area contributed by atoms with Crippen molar-refractivity contribution >= 4 is 12.0 Å². The fourth-order valence-corrected chi connectivity index (χ4v) is 4.57. The van der Waals surface area contributed by atoms with Crippen LogP contribution in [0.4, 0.5) is 4.79 Å². The smallest absolute Gasteiger partial charge is 0.407 e. The van der Waals surface area contributed by atoms with Crippen molar-refractivity contribution in [3.8, 4) is 0 Å². The van der Waals surface area contributed by atoms with Gasteiger partial charge in [0.15, 0.2) is 0 Å². The summed E-state index contributed by atoms with van der Waals surface area (Å²) in [6.45, 7) is 8.39. The van der Waals surface area contributed by atoms with E-state index >= 15 is 0 Å². The normalized spacial score (nSPS) is 36.0. The first-order chi connectivity index (χ1) is 14.1. The molecule has 5 atom stereocenters. The summed E-state index contributed by atoms with van der Waals surface area (Å²) < 4.78 is 5.67. The Labute approximate surface area is 180 Å². The first-order valence-corrected chi connectivity index (χ1v) is 11.5. The molecule has 1 saturated carbocycles. The number of alkyl carbamates (subject to hydrolysis) is 1. The molecule has 1 saturated heterocycles. The van der Waals surface area contributed by atoms with E-state index in [0.717, 1.165) is 38.5 Å². The van der Waals surface area contributed by atoms with Gasteiger partial charge in [-0.05, 0) is 72.6 Å². The predicted molar refractivity (Wildman–Crippen MR) is 116 cm³/mol. The number of hydrogen-bond donors (Lipinski definition) is 3. The van der Waals surface area contributed by atoms with Gasteiger partial charge in [-0.15, -0.1) is 0 Å². The van der Waals surface area contributed by atoms with E-state index in [4.69, 9.17) is 4.74 Å². The number of ether oxygens (including phenoxy) is 1. The van der Waals surface area contributed by atoms with Gasteiger partial charge in [0.2, 0.25) is 5.91 Å². The maximum absolute atomic E-state index is 13.0. The zero-order valence-corrected chi connectivity index (χ0v) is 18.9. The average molecular weight is 422 g/mol. The summed E-state index contributed by atoms with van der Waals surface area (Å²) in [5.74, 6) is 0.362. The summed E-state index contributed by atoms with van der Waals surface area (Å²) in [6.07, 6.45) is 9.33. The van der Waals surface area contributed by atoms with Gasteiger partial charge in [-0.2, -0.15) is 0 Å². The number of allylic oxidation sites excluding steroid dienone is 1. The van der Waals surface area contributed by atoms with Gasteiger partial charge < -0.3 is 20.5 Å². The van der Waals surface area contributed by atoms with Crippen molar-refractivity contribution in [2.45, 2.75) is 109 Å². The molecular formula is C23H39N3O4. The first kappa shape index (κ1) is 23.1. The molecule has 2 fully saturated rings. The molecule has 0 spiro atoms. The molecule has 0 aromatic heterocycles. The highest BCUT2D eigenvalue weighted by Gasteiger charge is 2.51. The number of aliphatic hydroxyl groups is 1. The summed E-state index contributed by atoms with van der Waals surface area (Å²) in [6, 6.07) is -0.385. The van der Waals surface area contributed by atoms with Gasteiger partial charge in [0.05, 0.1) is 6.04 Å². The van der Waals surface area contributed by atoms with E-state index in [1.807, 2.05) is 25.7 Å². The van der Waals surface area contributed by atoms with Crippen LogP contribution in [0.5, 0.6) is 0 Å². The number of amides is 2. The number of rotatable bonds is 1. The Hall–Kier alpha value is -1.60. The molecular weight excluding hydrogens is 382 g/mol.